The molecule has 4 heteroatoms. The number of ether oxygens (including phenoxy) is 1. The highest BCUT2D eigenvalue weighted by Gasteiger charge is 2.38. The van der Waals surface area contributed by atoms with Gasteiger partial charge in [0.05, 0.1) is 24.0 Å². The van der Waals surface area contributed by atoms with Crippen LogP contribution >= 0.6 is 0 Å². The van der Waals surface area contributed by atoms with Crippen molar-refractivity contribution in [1.29, 1.82) is 0 Å². The van der Waals surface area contributed by atoms with Crippen LogP contribution in [0.25, 0.3) is 0 Å². The highest BCUT2D eigenvalue weighted by Crippen LogP contribution is 2.29. The first-order valence-corrected chi connectivity index (χ1v) is 8.00. The Hall–Kier alpha value is -0.840. The fraction of sp³-hybridized carbons (Fsp3) is 0.765. The molecule has 1 aromatic heterocycles. The number of hydrogen-bond donors (Lipinski definition) is 1. The minimum Gasteiger partial charge on any atom is -0.468 e. The van der Waals surface area contributed by atoms with Crippen molar-refractivity contribution >= 4 is 0 Å². The van der Waals surface area contributed by atoms with E-state index in [9.17, 15) is 0 Å². The van der Waals surface area contributed by atoms with Crippen LogP contribution < -0.4 is 5.32 Å². The largest absolute Gasteiger partial charge is 0.468 e. The molecule has 1 aromatic rings. The minimum absolute atomic E-state index is 0.116. The van der Waals surface area contributed by atoms with E-state index < -0.39 is 0 Å². The van der Waals surface area contributed by atoms with Gasteiger partial charge < -0.3 is 14.5 Å². The summed E-state index contributed by atoms with van der Waals surface area (Å²) in [6.45, 7) is 15.5. The number of hydrogen-bond acceptors (Lipinski definition) is 4. The zero-order valence-corrected chi connectivity index (χ0v) is 14.2. The quantitative estimate of drug-likeness (QED) is 0.818. The molecule has 1 fully saturated rings. The van der Waals surface area contributed by atoms with Gasteiger partial charge in [-0.2, -0.15) is 0 Å². The van der Waals surface area contributed by atoms with Crippen LogP contribution in [0.1, 0.15) is 52.4 Å². The molecule has 0 bridgehead atoms. The van der Waals surface area contributed by atoms with Crippen LogP contribution in [-0.4, -0.2) is 35.7 Å². The van der Waals surface area contributed by atoms with Crippen molar-refractivity contribution in [3.8, 4) is 0 Å². The Morgan fingerprint density at radius 3 is 2.48 bits per heavy atom. The summed E-state index contributed by atoms with van der Waals surface area (Å²) in [6.07, 6.45) is 2.95. The molecular formula is C17H30N2O2. The van der Waals surface area contributed by atoms with E-state index in [0.717, 1.165) is 44.9 Å². The summed E-state index contributed by atoms with van der Waals surface area (Å²) in [5.74, 6) is 1.08. The van der Waals surface area contributed by atoms with Crippen molar-refractivity contribution in [3.63, 3.8) is 0 Å². The molecule has 2 heterocycles. The van der Waals surface area contributed by atoms with E-state index in [4.69, 9.17) is 9.15 Å². The lowest BCUT2D eigenvalue weighted by molar-refractivity contribution is -0.182. The van der Waals surface area contributed by atoms with Gasteiger partial charge in [-0.05, 0) is 46.7 Å². The number of nitrogens with one attached hydrogen (secondary N) is 1. The van der Waals surface area contributed by atoms with Gasteiger partial charge in [0.25, 0.3) is 0 Å². The fourth-order valence-corrected chi connectivity index (χ4v) is 3.32. The maximum absolute atomic E-state index is 6.14. The summed E-state index contributed by atoms with van der Waals surface area (Å²) in [6, 6.07) is 2.08. The van der Waals surface area contributed by atoms with E-state index >= 15 is 0 Å². The van der Waals surface area contributed by atoms with Crippen molar-refractivity contribution in [3.05, 3.63) is 23.7 Å². The Balaban J connectivity index is 1.99. The van der Waals surface area contributed by atoms with E-state index in [2.05, 4.69) is 50.9 Å². The van der Waals surface area contributed by atoms with Crippen LogP contribution in [0.5, 0.6) is 0 Å². The van der Waals surface area contributed by atoms with E-state index in [1.54, 1.807) is 6.26 Å². The Kier molecular flexibility index (Phi) is 5.12. The molecule has 1 aliphatic heterocycles. The van der Waals surface area contributed by atoms with Crippen LogP contribution in [0, 0.1) is 0 Å². The van der Waals surface area contributed by atoms with Crippen molar-refractivity contribution in [2.75, 3.05) is 19.6 Å². The van der Waals surface area contributed by atoms with E-state index in [1.165, 1.54) is 5.56 Å². The van der Waals surface area contributed by atoms with Gasteiger partial charge in [-0.3, -0.25) is 4.90 Å². The summed E-state index contributed by atoms with van der Waals surface area (Å²) >= 11 is 0. The average Bonchev–Trinajstić information content (AvgIpc) is 2.73. The van der Waals surface area contributed by atoms with Crippen LogP contribution in [-0.2, 0) is 17.8 Å². The second-order valence-electron chi connectivity index (χ2n) is 7.31. The monoisotopic (exact) mass is 294 g/mol. The summed E-state index contributed by atoms with van der Waals surface area (Å²) in [5, 5.41) is 3.44. The molecule has 0 unspecified atom stereocenters. The normalized spacial score (nSPS) is 21.6. The lowest BCUT2D eigenvalue weighted by Gasteiger charge is -2.47. The Bertz CT molecular complexity index is 435. The molecule has 0 radical (unpaired) electrons. The summed E-state index contributed by atoms with van der Waals surface area (Å²) in [4.78, 5) is 2.44. The number of furan rings is 1. The molecule has 0 spiro atoms. The topological polar surface area (TPSA) is 37.6 Å². The highest BCUT2D eigenvalue weighted by molar-refractivity contribution is 5.17. The maximum Gasteiger partial charge on any atom is 0.122 e. The lowest BCUT2D eigenvalue weighted by atomic mass is 9.98. The zero-order valence-electron chi connectivity index (χ0n) is 14.2. The number of rotatable bonds is 6. The smallest absolute Gasteiger partial charge is 0.122 e. The Labute approximate surface area is 128 Å². The summed E-state index contributed by atoms with van der Waals surface area (Å²) in [7, 11) is 0. The molecule has 120 valence electrons. The van der Waals surface area contributed by atoms with Gasteiger partial charge in [-0.25, -0.2) is 0 Å². The van der Waals surface area contributed by atoms with Crippen molar-refractivity contribution in [2.24, 2.45) is 0 Å². The second kappa shape index (κ2) is 6.51. The van der Waals surface area contributed by atoms with Gasteiger partial charge in [0, 0.05) is 25.2 Å². The van der Waals surface area contributed by atoms with Gasteiger partial charge in [0.1, 0.15) is 5.76 Å². The van der Waals surface area contributed by atoms with Crippen LogP contribution in [0.3, 0.4) is 0 Å². The molecule has 0 amide bonds. The van der Waals surface area contributed by atoms with Crippen molar-refractivity contribution in [1.82, 2.24) is 10.2 Å². The standard InChI is InChI=1S/C17H30N2O2/c1-6-8-18-10-14-7-9-20-15(14)11-19-12-16(2,3)21-17(4,5)13-19/h7,9,18H,6,8,10-13H2,1-5H3. The maximum atomic E-state index is 6.14. The zero-order chi connectivity index (χ0) is 15.5. The SMILES string of the molecule is CCCNCc1ccoc1CN1CC(C)(C)OC(C)(C)C1. The predicted octanol–water partition coefficient (Wildman–Crippen LogP) is 3.17. The molecule has 1 saturated heterocycles. The van der Waals surface area contributed by atoms with Crippen LogP contribution in [0.4, 0.5) is 0 Å². The number of morpholine rings is 1. The van der Waals surface area contributed by atoms with Crippen molar-refractivity contribution < 1.29 is 9.15 Å². The van der Waals surface area contributed by atoms with Gasteiger partial charge >= 0.3 is 0 Å². The molecule has 0 aromatic carbocycles. The van der Waals surface area contributed by atoms with Gasteiger partial charge in [0.15, 0.2) is 0 Å². The number of nitrogens with zero attached hydrogens (tertiary/aromatic N) is 1. The average molecular weight is 294 g/mol. The summed E-state index contributed by atoms with van der Waals surface area (Å²) in [5.41, 5.74) is 1.04. The lowest BCUT2D eigenvalue weighted by Crippen LogP contribution is -2.56. The molecule has 1 N–H and O–H groups in total. The molecule has 0 saturated carbocycles. The van der Waals surface area contributed by atoms with Gasteiger partial charge in [0.2, 0.25) is 0 Å². The van der Waals surface area contributed by atoms with Crippen LogP contribution in [0.15, 0.2) is 16.7 Å². The Morgan fingerprint density at radius 2 is 1.86 bits per heavy atom. The van der Waals surface area contributed by atoms with E-state index in [-0.39, 0.29) is 11.2 Å². The van der Waals surface area contributed by atoms with Crippen molar-refractivity contribution in [2.45, 2.75) is 65.3 Å². The molecular weight excluding hydrogens is 264 g/mol. The predicted molar refractivity (Wildman–Crippen MR) is 85.2 cm³/mol. The third-order valence-electron chi connectivity index (χ3n) is 3.71. The molecule has 0 atom stereocenters. The minimum atomic E-state index is -0.116. The first-order valence-electron chi connectivity index (χ1n) is 8.00. The first kappa shape index (κ1) is 16.5. The highest BCUT2D eigenvalue weighted by atomic mass is 16.5. The molecule has 0 aliphatic carbocycles. The molecule has 2 rings (SSSR count). The first-order chi connectivity index (χ1) is 9.81. The molecule has 21 heavy (non-hydrogen) atoms. The Morgan fingerprint density at radius 1 is 1.19 bits per heavy atom. The van der Waals surface area contributed by atoms with Gasteiger partial charge in [-0.1, -0.05) is 6.92 Å². The second-order valence-corrected chi connectivity index (χ2v) is 7.31. The van der Waals surface area contributed by atoms with Crippen LogP contribution in [0.2, 0.25) is 0 Å². The third-order valence-corrected chi connectivity index (χ3v) is 3.71. The van der Waals surface area contributed by atoms with E-state index in [0.29, 0.717) is 0 Å². The van der Waals surface area contributed by atoms with E-state index in [1.807, 2.05) is 0 Å². The molecule has 4 nitrogen and oxygen atoms in total. The molecule has 1 aliphatic rings. The third kappa shape index (κ3) is 4.83. The summed E-state index contributed by atoms with van der Waals surface area (Å²) < 4.78 is 11.8. The fourth-order valence-electron chi connectivity index (χ4n) is 3.32. The van der Waals surface area contributed by atoms with Gasteiger partial charge in [-0.15, -0.1) is 0 Å².